The fourth-order valence-electron chi connectivity index (χ4n) is 3.29. The molecule has 0 saturated carbocycles. The maximum Gasteiger partial charge on any atom is 0.256 e. The van der Waals surface area contributed by atoms with Gasteiger partial charge in [-0.25, -0.2) is 4.39 Å². The monoisotopic (exact) mass is 361 g/mol. The maximum absolute atomic E-state index is 13.9. The Morgan fingerprint density at radius 2 is 1.84 bits per heavy atom. The fourth-order valence-corrected chi connectivity index (χ4v) is 3.45. The molecule has 0 bridgehead atoms. The molecule has 2 aromatic carbocycles. The molecule has 1 N–H and O–H groups in total. The molecule has 1 aliphatic heterocycles. The molecule has 0 atom stereocenters. The van der Waals surface area contributed by atoms with Crippen LogP contribution in [0.1, 0.15) is 35.2 Å². The number of phenolic OH excluding ortho intramolecular Hbond substituents is 1. The molecular weight excluding hydrogens is 341 g/mol. The highest BCUT2D eigenvalue weighted by Crippen LogP contribution is 2.25. The van der Waals surface area contributed by atoms with Crippen LogP contribution in [0.15, 0.2) is 42.5 Å². The number of hydrogen-bond donors (Lipinski definition) is 1. The second kappa shape index (κ2) is 7.87. The van der Waals surface area contributed by atoms with Crippen LogP contribution in [-0.2, 0) is 6.42 Å². The van der Waals surface area contributed by atoms with Gasteiger partial charge < -0.3 is 10.0 Å². The van der Waals surface area contributed by atoms with E-state index in [9.17, 15) is 14.3 Å². The molecule has 2 aromatic rings. The standard InChI is InChI=1S/C20H21ClFNO2/c21-16-5-8-18(19(22)13-16)20(25)23-11-9-15(10-12-23)2-1-14-3-6-17(24)7-4-14/h3-8,13,15,24H,1-2,9-12H2. The molecule has 1 fully saturated rings. The number of halogens is 2. The number of piperidine rings is 1. The van der Waals surface area contributed by atoms with E-state index >= 15 is 0 Å². The van der Waals surface area contributed by atoms with Crippen LogP contribution in [0, 0.1) is 11.7 Å². The molecule has 1 amide bonds. The SMILES string of the molecule is O=C(c1ccc(Cl)cc1F)N1CCC(CCc2ccc(O)cc2)CC1. The van der Waals surface area contributed by atoms with E-state index in [1.165, 1.54) is 17.7 Å². The molecular formula is C20H21ClFNO2. The van der Waals surface area contributed by atoms with E-state index in [1.807, 2.05) is 12.1 Å². The number of nitrogens with zero attached hydrogens (tertiary/aromatic N) is 1. The number of carbonyl (C=O) groups excluding carboxylic acids is 1. The lowest BCUT2D eigenvalue weighted by Gasteiger charge is -2.32. The summed E-state index contributed by atoms with van der Waals surface area (Å²) in [5.41, 5.74) is 1.30. The molecule has 1 aliphatic rings. The Labute approximate surface area is 152 Å². The molecule has 1 heterocycles. The van der Waals surface area contributed by atoms with Crippen LogP contribution < -0.4 is 0 Å². The molecule has 0 radical (unpaired) electrons. The quantitative estimate of drug-likeness (QED) is 0.859. The number of aryl methyl sites for hydroxylation is 1. The van der Waals surface area contributed by atoms with Gasteiger partial charge in [0.25, 0.3) is 5.91 Å². The Bertz CT molecular complexity index is 740. The molecule has 0 unspecified atom stereocenters. The van der Waals surface area contributed by atoms with Crippen molar-refractivity contribution >= 4 is 17.5 Å². The van der Waals surface area contributed by atoms with Crippen molar-refractivity contribution in [2.75, 3.05) is 13.1 Å². The van der Waals surface area contributed by atoms with Crippen LogP contribution in [0.2, 0.25) is 5.02 Å². The van der Waals surface area contributed by atoms with Gasteiger partial charge in [0, 0.05) is 18.1 Å². The average Bonchev–Trinajstić information content (AvgIpc) is 2.61. The first-order chi connectivity index (χ1) is 12.0. The molecule has 5 heteroatoms. The van der Waals surface area contributed by atoms with E-state index < -0.39 is 5.82 Å². The van der Waals surface area contributed by atoms with Crippen molar-refractivity contribution in [3.8, 4) is 5.75 Å². The largest absolute Gasteiger partial charge is 0.508 e. The summed E-state index contributed by atoms with van der Waals surface area (Å²) in [4.78, 5) is 14.2. The highest BCUT2D eigenvalue weighted by Gasteiger charge is 2.25. The lowest BCUT2D eigenvalue weighted by Crippen LogP contribution is -2.38. The Balaban J connectivity index is 1.51. The summed E-state index contributed by atoms with van der Waals surface area (Å²) < 4.78 is 13.9. The molecule has 0 spiro atoms. The third-order valence-electron chi connectivity index (χ3n) is 4.84. The van der Waals surface area contributed by atoms with Gasteiger partial charge in [-0.05, 0) is 67.5 Å². The van der Waals surface area contributed by atoms with Gasteiger partial charge in [0.05, 0.1) is 5.56 Å². The van der Waals surface area contributed by atoms with Crippen LogP contribution in [0.3, 0.4) is 0 Å². The van der Waals surface area contributed by atoms with Gasteiger partial charge in [0.2, 0.25) is 0 Å². The van der Waals surface area contributed by atoms with E-state index in [4.69, 9.17) is 11.6 Å². The summed E-state index contributed by atoms with van der Waals surface area (Å²) in [5, 5.41) is 9.61. The Morgan fingerprint density at radius 1 is 1.16 bits per heavy atom. The topological polar surface area (TPSA) is 40.5 Å². The molecule has 3 rings (SSSR count). The molecule has 3 nitrogen and oxygen atoms in total. The number of rotatable bonds is 4. The van der Waals surface area contributed by atoms with Crippen LogP contribution in [0.25, 0.3) is 0 Å². The van der Waals surface area contributed by atoms with Crippen LogP contribution in [0.5, 0.6) is 5.75 Å². The summed E-state index contributed by atoms with van der Waals surface area (Å²) >= 11 is 5.74. The Hall–Kier alpha value is -2.07. The lowest BCUT2D eigenvalue weighted by molar-refractivity contribution is 0.0682. The predicted octanol–water partition coefficient (Wildman–Crippen LogP) is 4.67. The minimum atomic E-state index is -0.563. The summed E-state index contributed by atoms with van der Waals surface area (Å²) in [7, 11) is 0. The third-order valence-corrected chi connectivity index (χ3v) is 5.08. The highest BCUT2D eigenvalue weighted by atomic mass is 35.5. The number of amides is 1. The van der Waals surface area contributed by atoms with Crippen molar-refractivity contribution in [1.29, 1.82) is 0 Å². The number of likely N-dealkylation sites (tertiary alicyclic amines) is 1. The van der Waals surface area contributed by atoms with Crippen molar-refractivity contribution in [1.82, 2.24) is 4.90 Å². The van der Waals surface area contributed by atoms with E-state index in [1.54, 1.807) is 23.1 Å². The second-order valence-corrected chi connectivity index (χ2v) is 7.00. The average molecular weight is 362 g/mol. The van der Waals surface area contributed by atoms with Gasteiger partial charge in [0.1, 0.15) is 11.6 Å². The van der Waals surface area contributed by atoms with Gasteiger partial charge in [-0.15, -0.1) is 0 Å². The number of aromatic hydroxyl groups is 1. The Kier molecular flexibility index (Phi) is 5.59. The summed E-state index contributed by atoms with van der Waals surface area (Å²) in [5.74, 6) is 0.0241. The van der Waals surface area contributed by atoms with Crippen molar-refractivity contribution in [2.45, 2.75) is 25.7 Å². The first-order valence-electron chi connectivity index (χ1n) is 8.55. The van der Waals surface area contributed by atoms with Gasteiger partial charge in [-0.2, -0.15) is 0 Å². The first kappa shape index (κ1) is 17.7. The maximum atomic E-state index is 13.9. The molecule has 25 heavy (non-hydrogen) atoms. The summed E-state index contributed by atoms with van der Waals surface area (Å²) in [6.07, 6.45) is 3.88. The normalized spacial score (nSPS) is 15.4. The van der Waals surface area contributed by atoms with E-state index in [0.717, 1.165) is 25.7 Å². The molecule has 0 aliphatic carbocycles. The van der Waals surface area contributed by atoms with Crippen molar-refractivity contribution in [3.63, 3.8) is 0 Å². The van der Waals surface area contributed by atoms with Gasteiger partial charge in [-0.1, -0.05) is 23.7 Å². The number of phenols is 1. The Morgan fingerprint density at radius 3 is 2.48 bits per heavy atom. The number of benzene rings is 2. The second-order valence-electron chi connectivity index (χ2n) is 6.56. The molecule has 132 valence electrons. The van der Waals surface area contributed by atoms with Crippen LogP contribution >= 0.6 is 11.6 Å². The van der Waals surface area contributed by atoms with E-state index in [2.05, 4.69) is 0 Å². The number of carbonyl (C=O) groups is 1. The zero-order valence-corrected chi connectivity index (χ0v) is 14.7. The van der Waals surface area contributed by atoms with E-state index in [-0.39, 0.29) is 17.2 Å². The van der Waals surface area contributed by atoms with Crippen molar-refractivity contribution in [3.05, 3.63) is 64.4 Å². The van der Waals surface area contributed by atoms with Crippen LogP contribution in [0.4, 0.5) is 4.39 Å². The molecule has 1 saturated heterocycles. The van der Waals surface area contributed by atoms with Crippen LogP contribution in [-0.4, -0.2) is 29.0 Å². The highest BCUT2D eigenvalue weighted by molar-refractivity contribution is 6.30. The first-order valence-corrected chi connectivity index (χ1v) is 8.93. The predicted molar refractivity (Wildman–Crippen MR) is 96.5 cm³/mol. The van der Waals surface area contributed by atoms with Crippen molar-refractivity contribution < 1.29 is 14.3 Å². The smallest absolute Gasteiger partial charge is 0.256 e. The zero-order valence-electron chi connectivity index (χ0n) is 13.9. The zero-order chi connectivity index (χ0) is 17.8. The third kappa shape index (κ3) is 4.51. The van der Waals surface area contributed by atoms with E-state index in [0.29, 0.717) is 24.0 Å². The lowest BCUT2D eigenvalue weighted by atomic mass is 9.90. The minimum Gasteiger partial charge on any atom is -0.508 e. The van der Waals surface area contributed by atoms with Gasteiger partial charge in [-0.3, -0.25) is 4.79 Å². The summed E-state index contributed by atoms with van der Waals surface area (Å²) in [6.45, 7) is 1.31. The molecule has 0 aromatic heterocycles. The summed E-state index contributed by atoms with van der Waals surface area (Å²) in [6, 6.07) is 11.5. The minimum absolute atomic E-state index is 0.0898. The van der Waals surface area contributed by atoms with Crippen molar-refractivity contribution in [2.24, 2.45) is 5.92 Å². The number of hydrogen-bond acceptors (Lipinski definition) is 2. The van der Waals surface area contributed by atoms with Gasteiger partial charge in [0.15, 0.2) is 0 Å². The fraction of sp³-hybridized carbons (Fsp3) is 0.350. The van der Waals surface area contributed by atoms with Gasteiger partial charge >= 0.3 is 0 Å².